The molecule has 3 rings (SSSR count). The fourth-order valence-electron chi connectivity index (χ4n) is 2.27. The Kier molecular flexibility index (Phi) is 7.51. The molecule has 0 radical (unpaired) electrons. The lowest BCUT2D eigenvalue weighted by molar-refractivity contribution is -0.192. The first kappa shape index (κ1) is 22.6. The van der Waals surface area contributed by atoms with Crippen LogP contribution in [0.3, 0.4) is 0 Å². The molecule has 156 valence electrons. The van der Waals surface area contributed by atoms with Crippen molar-refractivity contribution in [3.8, 4) is 0 Å². The van der Waals surface area contributed by atoms with E-state index in [2.05, 4.69) is 30.8 Å². The smallest absolute Gasteiger partial charge is 0.475 e. The van der Waals surface area contributed by atoms with Gasteiger partial charge in [-0.2, -0.15) is 13.2 Å². The molecule has 0 aliphatic heterocycles. The average molecular weight is 476 g/mol. The maximum atomic E-state index is 12.1. The molecule has 0 aromatic carbocycles. The molecule has 0 saturated heterocycles. The summed E-state index contributed by atoms with van der Waals surface area (Å²) in [6, 6.07) is 5.31. The zero-order valence-corrected chi connectivity index (χ0v) is 16.8. The van der Waals surface area contributed by atoms with Crippen LogP contribution < -0.4 is 5.56 Å². The van der Waals surface area contributed by atoms with Crippen molar-refractivity contribution in [3.05, 3.63) is 63.6 Å². The third-order valence-electron chi connectivity index (χ3n) is 3.65. The summed E-state index contributed by atoms with van der Waals surface area (Å²) in [6.45, 7) is 2.35. The van der Waals surface area contributed by atoms with Crippen molar-refractivity contribution in [1.82, 2.24) is 23.8 Å². The Morgan fingerprint density at radius 3 is 2.62 bits per heavy atom. The third kappa shape index (κ3) is 6.98. The number of carbonyl (C=O) groups is 1. The third-order valence-corrected chi connectivity index (χ3v) is 4.12. The van der Waals surface area contributed by atoms with Gasteiger partial charge in [0.25, 0.3) is 5.56 Å². The Morgan fingerprint density at radius 2 is 2.03 bits per heavy atom. The van der Waals surface area contributed by atoms with Crippen molar-refractivity contribution in [1.29, 1.82) is 0 Å². The number of likely N-dealkylation sites (N-methyl/N-ethyl adjacent to an activating group) is 1. The molecule has 1 N–H and O–H groups in total. The summed E-state index contributed by atoms with van der Waals surface area (Å²) in [7, 11) is 2.02. The molecule has 0 amide bonds. The summed E-state index contributed by atoms with van der Waals surface area (Å²) in [5, 5.41) is 7.12. The number of halogens is 4. The van der Waals surface area contributed by atoms with E-state index >= 15 is 0 Å². The second-order valence-corrected chi connectivity index (χ2v) is 6.92. The number of hydrogen-bond acceptors (Lipinski definition) is 5. The van der Waals surface area contributed by atoms with Gasteiger partial charge < -0.3 is 9.67 Å². The summed E-state index contributed by atoms with van der Waals surface area (Å²) in [5.41, 5.74) is 1.37. The molecular weight excluding hydrogens is 459 g/mol. The van der Waals surface area contributed by atoms with Crippen LogP contribution in [0.4, 0.5) is 13.2 Å². The second-order valence-electron chi connectivity index (χ2n) is 6.00. The van der Waals surface area contributed by atoms with Gasteiger partial charge in [-0.05, 0) is 35.1 Å². The fraction of sp³-hybridized carbons (Fsp3) is 0.294. The number of aliphatic carboxylic acids is 1. The minimum absolute atomic E-state index is 0.0655. The zero-order chi connectivity index (χ0) is 21.6. The summed E-state index contributed by atoms with van der Waals surface area (Å²) in [4.78, 5) is 31.7. The van der Waals surface area contributed by atoms with Gasteiger partial charge in [-0.15, -0.1) is 0 Å². The predicted molar refractivity (Wildman–Crippen MR) is 101 cm³/mol. The highest BCUT2D eigenvalue weighted by Gasteiger charge is 2.38. The molecule has 0 bridgehead atoms. The van der Waals surface area contributed by atoms with Crippen LogP contribution in [0.25, 0.3) is 5.65 Å². The summed E-state index contributed by atoms with van der Waals surface area (Å²) in [5.74, 6) is -2.76. The van der Waals surface area contributed by atoms with Crippen LogP contribution in [0.1, 0.15) is 5.69 Å². The number of aromatic nitrogens is 4. The Labute approximate surface area is 171 Å². The predicted octanol–water partition coefficient (Wildman–Crippen LogP) is 2.42. The largest absolute Gasteiger partial charge is 0.490 e. The first-order valence-corrected chi connectivity index (χ1v) is 8.98. The van der Waals surface area contributed by atoms with Crippen LogP contribution in [0.15, 0.2) is 52.4 Å². The minimum atomic E-state index is -5.08. The maximum Gasteiger partial charge on any atom is 0.490 e. The van der Waals surface area contributed by atoms with E-state index in [0.29, 0.717) is 12.2 Å². The normalized spacial score (nSPS) is 11.4. The highest BCUT2D eigenvalue weighted by molar-refractivity contribution is 9.10. The van der Waals surface area contributed by atoms with Gasteiger partial charge in [0, 0.05) is 48.8 Å². The number of hydrogen-bond donors (Lipinski definition) is 1. The highest BCUT2D eigenvalue weighted by Crippen LogP contribution is 2.13. The molecule has 0 aliphatic rings. The van der Waals surface area contributed by atoms with E-state index in [1.807, 2.05) is 29.9 Å². The van der Waals surface area contributed by atoms with Crippen LogP contribution in [-0.2, 0) is 17.9 Å². The van der Waals surface area contributed by atoms with Crippen molar-refractivity contribution in [2.45, 2.75) is 19.3 Å². The van der Waals surface area contributed by atoms with Crippen LogP contribution in [0, 0.1) is 0 Å². The van der Waals surface area contributed by atoms with E-state index in [0.717, 1.165) is 23.3 Å². The second kappa shape index (κ2) is 9.65. The molecule has 29 heavy (non-hydrogen) atoms. The van der Waals surface area contributed by atoms with Gasteiger partial charge in [-0.3, -0.25) is 14.1 Å². The Hall–Kier alpha value is -2.73. The molecule has 3 aromatic heterocycles. The average Bonchev–Trinajstić information content (AvgIpc) is 3.14. The molecule has 0 atom stereocenters. The van der Waals surface area contributed by atoms with E-state index in [-0.39, 0.29) is 5.56 Å². The van der Waals surface area contributed by atoms with Gasteiger partial charge in [-0.25, -0.2) is 14.8 Å². The van der Waals surface area contributed by atoms with Gasteiger partial charge in [0.2, 0.25) is 0 Å². The van der Waals surface area contributed by atoms with Gasteiger partial charge in [0.05, 0.1) is 12.0 Å². The molecule has 8 nitrogen and oxygen atoms in total. The number of carboxylic acids is 1. The molecule has 3 aromatic rings. The number of imidazole rings is 1. The summed E-state index contributed by atoms with van der Waals surface area (Å²) >= 11 is 3.36. The van der Waals surface area contributed by atoms with Crippen LogP contribution in [0.5, 0.6) is 0 Å². The monoisotopic (exact) mass is 475 g/mol. The molecule has 3 heterocycles. The van der Waals surface area contributed by atoms with Gasteiger partial charge in [0.1, 0.15) is 5.65 Å². The molecule has 12 heteroatoms. The zero-order valence-electron chi connectivity index (χ0n) is 15.2. The van der Waals surface area contributed by atoms with Gasteiger partial charge in [-0.1, -0.05) is 0 Å². The minimum Gasteiger partial charge on any atom is -0.475 e. The van der Waals surface area contributed by atoms with Crippen molar-refractivity contribution < 1.29 is 23.1 Å². The van der Waals surface area contributed by atoms with E-state index in [1.165, 1.54) is 0 Å². The molecule has 0 spiro atoms. The lowest BCUT2D eigenvalue weighted by atomic mass is 10.3. The SMILES string of the molecule is CN(CCn1ccnc1)Cc1cc(=O)n2cc(Br)ccc2n1.O=C(O)C(F)(F)F. The molecule has 0 unspecified atom stereocenters. The maximum absolute atomic E-state index is 12.1. The number of pyridine rings is 1. The summed E-state index contributed by atoms with van der Waals surface area (Å²) in [6.07, 6.45) is 2.15. The van der Waals surface area contributed by atoms with E-state index in [1.54, 1.807) is 29.2 Å². The van der Waals surface area contributed by atoms with E-state index < -0.39 is 12.1 Å². The molecule has 0 aliphatic carbocycles. The van der Waals surface area contributed by atoms with Crippen molar-refractivity contribution in [2.75, 3.05) is 13.6 Å². The highest BCUT2D eigenvalue weighted by atomic mass is 79.9. The Bertz CT molecular complexity index is 1020. The number of fused-ring (bicyclic) bond motifs is 1. The van der Waals surface area contributed by atoms with Crippen LogP contribution in [0.2, 0.25) is 0 Å². The number of rotatable bonds is 5. The first-order valence-electron chi connectivity index (χ1n) is 8.18. The van der Waals surface area contributed by atoms with Gasteiger partial charge in [0.15, 0.2) is 0 Å². The molecule has 0 fully saturated rings. The topological polar surface area (TPSA) is 92.7 Å². The molecule has 0 saturated carbocycles. The lowest BCUT2D eigenvalue weighted by Crippen LogP contribution is -2.25. The van der Waals surface area contributed by atoms with Gasteiger partial charge >= 0.3 is 12.1 Å². The quantitative estimate of drug-likeness (QED) is 0.609. The lowest BCUT2D eigenvalue weighted by Gasteiger charge is -2.16. The standard InChI is InChI=1S/C15H16BrN5O.C2HF3O2/c1-19(6-7-20-5-4-17-11-20)10-13-8-15(22)21-9-12(16)2-3-14(21)18-13;3-2(4,5)1(6)7/h2-5,8-9,11H,6-7,10H2,1H3;(H,6,7). The Balaban J connectivity index is 0.000000370. The van der Waals surface area contributed by atoms with Crippen LogP contribution >= 0.6 is 15.9 Å². The number of nitrogens with zero attached hydrogens (tertiary/aromatic N) is 5. The van der Waals surface area contributed by atoms with E-state index in [9.17, 15) is 18.0 Å². The van der Waals surface area contributed by atoms with Crippen molar-refractivity contribution in [2.24, 2.45) is 0 Å². The summed E-state index contributed by atoms with van der Waals surface area (Å²) < 4.78 is 36.2. The molecular formula is C17H17BrF3N5O3. The van der Waals surface area contributed by atoms with E-state index in [4.69, 9.17) is 9.90 Å². The Morgan fingerprint density at radius 1 is 1.34 bits per heavy atom. The number of carboxylic acid groups (broad SMARTS) is 1. The van der Waals surface area contributed by atoms with Crippen molar-refractivity contribution >= 4 is 27.5 Å². The van der Waals surface area contributed by atoms with Crippen LogP contribution in [-0.4, -0.2) is 54.7 Å². The van der Waals surface area contributed by atoms with Crippen molar-refractivity contribution in [3.63, 3.8) is 0 Å². The fourth-order valence-corrected chi connectivity index (χ4v) is 2.60. The number of alkyl halides is 3. The first-order chi connectivity index (χ1) is 13.6.